The maximum absolute atomic E-state index is 13.5. The van der Waals surface area contributed by atoms with Crippen molar-refractivity contribution in [3.05, 3.63) is 29.0 Å². The molecular formula is C24H30ClFN2O4. The van der Waals surface area contributed by atoms with Gasteiger partial charge in [0.15, 0.2) is 6.61 Å². The number of benzene rings is 1. The summed E-state index contributed by atoms with van der Waals surface area (Å²) in [7, 11) is 0. The first kappa shape index (κ1) is 22.0. The van der Waals surface area contributed by atoms with E-state index in [1.807, 2.05) is 6.92 Å². The number of hydrogen-bond donors (Lipinski definition) is 2. The number of halogens is 2. The fourth-order valence-corrected chi connectivity index (χ4v) is 5.84. The summed E-state index contributed by atoms with van der Waals surface area (Å²) in [5.74, 6) is 0.884. The van der Waals surface area contributed by atoms with E-state index in [0.29, 0.717) is 17.8 Å². The van der Waals surface area contributed by atoms with Gasteiger partial charge in [0.1, 0.15) is 11.6 Å². The molecule has 0 aromatic heterocycles. The van der Waals surface area contributed by atoms with E-state index in [2.05, 4.69) is 10.6 Å². The van der Waals surface area contributed by atoms with E-state index in [-0.39, 0.29) is 59.4 Å². The average molecular weight is 465 g/mol. The van der Waals surface area contributed by atoms with Gasteiger partial charge in [-0.2, -0.15) is 0 Å². The molecule has 6 nitrogen and oxygen atoms in total. The Hall–Kier alpha value is -1.86. The van der Waals surface area contributed by atoms with Crippen LogP contribution in [0.5, 0.6) is 5.75 Å². The zero-order valence-electron chi connectivity index (χ0n) is 18.2. The van der Waals surface area contributed by atoms with E-state index < -0.39 is 5.82 Å². The van der Waals surface area contributed by atoms with Gasteiger partial charge < -0.3 is 20.1 Å². The maximum Gasteiger partial charge on any atom is 0.258 e. The molecule has 1 aliphatic heterocycles. The summed E-state index contributed by atoms with van der Waals surface area (Å²) in [6.07, 6.45) is 6.32. The predicted molar refractivity (Wildman–Crippen MR) is 117 cm³/mol. The molecule has 0 spiro atoms. The van der Waals surface area contributed by atoms with Crippen molar-refractivity contribution in [3.63, 3.8) is 0 Å². The summed E-state index contributed by atoms with van der Waals surface area (Å²) in [4.78, 5) is 25.4. The van der Waals surface area contributed by atoms with E-state index in [9.17, 15) is 14.0 Å². The molecule has 1 heterocycles. The van der Waals surface area contributed by atoms with Crippen molar-refractivity contribution >= 4 is 23.4 Å². The molecule has 7 atom stereocenters. The standard InChI is InChI=1S/C24H30ClFN2O4/c1-12-17(9-22(32-12)13-2-3-13)24(30)28-21-10-20(15-5-6-16(15)21)27-23(29)11-31-14-4-7-18(25)19(26)8-14/h4,7-8,12-13,15-17,20-22H,2-3,5-6,9-11H2,1H3,(H,27,29)(H,28,30)/t12?,15?,16?,17?,20-,21?,22?/m0/s1. The Morgan fingerprint density at radius 1 is 1.12 bits per heavy atom. The molecule has 8 heteroatoms. The van der Waals surface area contributed by atoms with E-state index in [1.165, 1.54) is 31.0 Å². The van der Waals surface area contributed by atoms with E-state index in [0.717, 1.165) is 25.7 Å². The topological polar surface area (TPSA) is 76.7 Å². The Labute approximate surface area is 192 Å². The summed E-state index contributed by atoms with van der Waals surface area (Å²) in [5, 5.41) is 6.35. The Balaban J connectivity index is 1.11. The third kappa shape index (κ3) is 4.46. The first-order valence-electron chi connectivity index (χ1n) is 11.7. The number of rotatable bonds is 7. The van der Waals surface area contributed by atoms with E-state index >= 15 is 0 Å². The molecule has 5 rings (SSSR count). The van der Waals surface area contributed by atoms with Gasteiger partial charge in [0.05, 0.1) is 23.1 Å². The lowest BCUT2D eigenvalue weighted by molar-refractivity contribution is -0.127. The van der Waals surface area contributed by atoms with Crippen molar-refractivity contribution in [1.82, 2.24) is 10.6 Å². The van der Waals surface area contributed by atoms with Gasteiger partial charge >= 0.3 is 0 Å². The second-order valence-corrected chi connectivity index (χ2v) is 10.3. The Kier molecular flexibility index (Phi) is 6.05. The number of amides is 2. The number of fused-ring (bicyclic) bond motifs is 1. The first-order chi connectivity index (χ1) is 15.4. The van der Waals surface area contributed by atoms with Crippen LogP contribution in [0.25, 0.3) is 0 Å². The minimum Gasteiger partial charge on any atom is -0.484 e. The van der Waals surface area contributed by atoms with Crippen molar-refractivity contribution in [2.24, 2.45) is 23.7 Å². The van der Waals surface area contributed by atoms with Gasteiger partial charge in [-0.05, 0) is 75.3 Å². The molecular weight excluding hydrogens is 435 g/mol. The molecule has 0 bridgehead atoms. The fraction of sp³-hybridized carbons (Fsp3) is 0.667. The van der Waals surface area contributed by atoms with Crippen LogP contribution in [-0.2, 0) is 14.3 Å². The van der Waals surface area contributed by atoms with E-state index in [1.54, 1.807) is 0 Å². The lowest BCUT2D eigenvalue weighted by Gasteiger charge is -2.36. The quantitative estimate of drug-likeness (QED) is 0.648. The first-order valence-corrected chi connectivity index (χ1v) is 12.1. The number of nitrogens with one attached hydrogen (secondary N) is 2. The summed E-state index contributed by atoms with van der Waals surface area (Å²) in [5.41, 5.74) is 0. The molecule has 1 aromatic carbocycles. The highest BCUT2D eigenvalue weighted by Gasteiger charge is 2.51. The van der Waals surface area contributed by atoms with Crippen LogP contribution in [0, 0.1) is 29.5 Å². The Morgan fingerprint density at radius 2 is 1.84 bits per heavy atom. The Bertz CT molecular complexity index is 895. The number of carbonyl (C=O) groups excluding carboxylic acids is 2. The monoisotopic (exact) mass is 464 g/mol. The molecule has 3 saturated carbocycles. The molecule has 4 fully saturated rings. The number of hydrogen-bond acceptors (Lipinski definition) is 4. The Morgan fingerprint density at radius 3 is 2.50 bits per heavy atom. The zero-order chi connectivity index (χ0) is 22.4. The lowest BCUT2D eigenvalue weighted by Crippen LogP contribution is -2.45. The maximum atomic E-state index is 13.5. The molecule has 2 amide bonds. The molecule has 6 unspecified atom stereocenters. The molecule has 0 radical (unpaired) electrons. The minimum absolute atomic E-state index is 0.0125. The van der Waals surface area contributed by atoms with E-state index in [4.69, 9.17) is 21.1 Å². The molecule has 174 valence electrons. The van der Waals surface area contributed by atoms with Crippen molar-refractivity contribution in [2.75, 3.05) is 6.61 Å². The zero-order valence-corrected chi connectivity index (χ0v) is 18.9. The highest BCUT2D eigenvalue weighted by Crippen LogP contribution is 2.47. The lowest BCUT2D eigenvalue weighted by atomic mass is 9.73. The van der Waals surface area contributed by atoms with Crippen LogP contribution in [0.4, 0.5) is 4.39 Å². The van der Waals surface area contributed by atoms with Crippen LogP contribution in [0.15, 0.2) is 18.2 Å². The minimum atomic E-state index is -0.582. The summed E-state index contributed by atoms with van der Waals surface area (Å²) in [6.45, 7) is 1.81. The van der Waals surface area contributed by atoms with Crippen molar-refractivity contribution < 1.29 is 23.5 Å². The van der Waals surface area contributed by atoms with Crippen molar-refractivity contribution in [2.45, 2.75) is 69.7 Å². The van der Waals surface area contributed by atoms with Crippen molar-refractivity contribution in [3.8, 4) is 5.75 Å². The summed E-state index contributed by atoms with van der Waals surface area (Å²) < 4.78 is 25.0. The SMILES string of the molecule is CC1OC(C2CC2)CC1C(=O)NC1C[C@H](NC(=O)COc2ccc(Cl)c(F)c2)C2CCC12. The van der Waals surface area contributed by atoms with Gasteiger partial charge in [-0.25, -0.2) is 4.39 Å². The molecule has 32 heavy (non-hydrogen) atoms. The second kappa shape index (κ2) is 8.82. The summed E-state index contributed by atoms with van der Waals surface area (Å²) >= 11 is 5.67. The number of carbonyl (C=O) groups is 2. The number of ether oxygens (including phenoxy) is 2. The molecule has 1 aromatic rings. The molecule has 4 aliphatic rings. The molecule has 3 aliphatic carbocycles. The average Bonchev–Trinajstić information content (AvgIpc) is 3.45. The van der Waals surface area contributed by atoms with Crippen LogP contribution in [-0.4, -0.2) is 42.7 Å². The van der Waals surface area contributed by atoms with Crippen LogP contribution < -0.4 is 15.4 Å². The molecule has 2 N–H and O–H groups in total. The summed E-state index contributed by atoms with van der Waals surface area (Å²) in [6, 6.07) is 4.21. The largest absolute Gasteiger partial charge is 0.484 e. The third-order valence-corrected chi connectivity index (χ3v) is 8.09. The van der Waals surface area contributed by atoms with Crippen molar-refractivity contribution in [1.29, 1.82) is 0 Å². The molecule has 1 saturated heterocycles. The normalized spacial score (nSPS) is 35.7. The van der Waals surface area contributed by atoms with Gasteiger partial charge in [0.2, 0.25) is 5.91 Å². The fourth-order valence-electron chi connectivity index (χ4n) is 5.72. The third-order valence-electron chi connectivity index (χ3n) is 7.79. The second-order valence-electron chi connectivity index (χ2n) is 9.85. The highest BCUT2D eigenvalue weighted by atomic mass is 35.5. The van der Waals surface area contributed by atoms with Crippen LogP contribution in [0.2, 0.25) is 5.02 Å². The van der Waals surface area contributed by atoms with Crippen LogP contribution in [0.3, 0.4) is 0 Å². The van der Waals surface area contributed by atoms with Crippen LogP contribution >= 0.6 is 11.6 Å². The predicted octanol–water partition coefficient (Wildman–Crippen LogP) is 3.46. The smallest absolute Gasteiger partial charge is 0.258 e. The van der Waals surface area contributed by atoms with Gasteiger partial charge in [-0.1, -0.05) is 11.6 Å². The highest BCUT2D eigenvalue weighted by molar-refractivity contribution is 6.30. The van der Waals surface area contributed by atoms with Crippen LogP contribution in [0.1, 0.15) is 45.4 Å². The van der Waals surface area contributed by atoms with Gasteiger partial charge in [0, 0.05) is 18.2 Å². The van der Waals surface area contributed by atoms with Gasteiger partial charge in [-0.15, -0.1) is 0 Å². The van der Waals surface area contributed by atoms with Gasteiger partial charge in [0.25, 0.3) is 5.91 Å². The van der Waals surface area contributed by atoms with Gasteiger partial charge in [-0.3, -0.25) is 9.59 Å².